The number of rotatable bonds is 3. The minimum absolute atomic E-state index is 0.000546. The van der Waals surface area contributed by atoms with Crippen LogP contribution in [-0.2, 0) is 0 Å². The molecule has 2 N–H and O–H groups in total. The highest BCUT2D eigenvalue weighted by Crippen LogP contribution is 2.26. The first-order valence-corrected chi connectivity index (χ1v) is 8.31. The summed E-state index contributed by atoms with van der Waals surface area (Å²) in [5.74, 6) is 0.213. The average molecular weight is 348 g/mol. The minimum Gasteiger partial charge on any atom is -0.487 e. The third-order valence-electron chi connectivity index (χ3n) is 4.44. The lowest BCUT2D eigenvalue weighted by molar-refractivity contribution is 0.0812. The number of ether oxygens (including phenoxy) is 1. The quantitative estimate of drug-likeness (QED) is 0.760. The van der Waals surface area contributed by atoms with Gasteiger partial charge in [-0.2, -0.15) is 0 Å². The summed E-state index contributed by atoms with van der Waals surface area (Å²) in [6.45, 7) is 0.201. The van der Waals surface area contributed by atoms with E-state index < -0.39 is 6.10 Å². The Morgan fingerprint density at radius 1 is 1.08 bits per heavy atom. The Hall–Kier alpha value is -3.41. The van der Waals surface area contributed by atoms with Gasteiger partial charge in [-0.1, -0.05) is 30.3 Å². The third kappa shape index (κ3) is 2.86. The highest BCUT2D eigenvalue weighted by atomic mass is 16.5. The Morgan fingerprint density at radius 2 is 1.81 bits per heavy atom. The number of Topliss-reactive ketones (excluding diaryl/α,β-unsaturated/α-hetero) is 1. The number of hydrogen-bond acceptors (Lipinski definition) is 4. The van der Waals surface area contributed by atoms with Crippen LogP contribution in [0, 0.1) is 0 Å². The summed E-state index contributed by atoms with van der Waals surface area (Å²) < 4.78 is 5.80. The molecule has 0 fully saturated rings. The number of amides is 1. The lowest BCUT2D eigenvalue weighted by atomic mass is 10.0. The monoisotopic (exact) mass is 348 g/mol. The van der Waals surface area contributed by atoms with Crippen LogP contribution in [0.15, 0.2) is 59.5 Å². The van der Waals surface area contributed by atoms with Gasteiger partial charge in [-0.3, -0.25) is 14.4 Å². The molecule has 1 aromatic heterocycles. The van der Waals surface area contributed by atoms with Crippen LogP contribution in [0.25, 0.3) is 10.8 Å². The number of fused-ring (bicyclic) bond motifs is 2. The largest absolute Gasteiger partial charge is 0.487 e. The lowest BCUT2D eigenvalue weighted by Gasteiger charge is -2.25. The van der Waals surface area contributed by atoms with E-state index in [0.29, 0.717) is 27.6 Å². The number of H-pyrrole nitrogens is 1. The second-order valence-electron chi connectivity index (χ2n) is 6.15. The van der Waals surface area contributed by atoms with Crippen molar-refractivity contribution < 1.29 is 14.3 Å². The smallest absolute Gasteiger partial charge is 0.255 e. The van der Waals surface area contributed by atoms with E-state index in [1.165, 1.54) is 6.20 Å². The van der Waals surface area contributed by atoms with Gasteiger partial charge < -0.3 is 15.0 Å². The summed E-state index contributed by atoms with van der Waals surface area (Å²) >= 11 is 0. The molecule has 0 aliphatic carbocycles. The first-order valence-electron chi connectivity index (χ1n) is 8.31. The zero-order valence-electron chi connectivity index (χ0n) is 13.8. The van der Waals surface area contributed by atoms with Crippen molar-refractivity contribution in [2.75, 3.05) is 6.54 Å². The SMILES string of the molecule is O=C1CC(CNC(=O)c2c[nH]c(=O)c3ccccc23)Oc2ccccc21. The van der Waals surface area contributed by atoms with Gasteiger partial charge in [0.05, 0.1) is 17.7 Å². The first-order chi connectivity index (χ1) is 12.6. The second-order valence-corrected chi connectivity index (χ2v) is 6.15. The van der Waals surface area contributed by atoms with Crippen LogP contribution >= 0.6 is 0 Å². The topological polar surface area (TPSA) is 88.3 Å². The molecular formula is C20H16N2O4. The van der Waals surface area contributed by atoms with Gasteiger partial charge in [0.2, 0.25) is 0 Å². The summed E-state index contributed by atoms with van der Waals surface area (Å²) in [5, 5.41) is 3.83. The molecule has 6 nitrogen and oxygen atoms in total. The molecule has 3 aromatic rings. The van der Waals surface area contributed by atoms with Crippen molar-refractivity contribution >= 4 is 22.5 Å². The molecule has 1 amide bonds. The number of benzene rings is 2. The number of pyridine rings is 1. The van der Waals surface area contributed by atoms with Gasteiger partial charge in [0, 0.05) is 23.4 Å². The third-order valence-corrected chi connectivity index (χ3v) is 4.44. The molecule has 4 rings (SSSR count). The van der Waals surface area contributed by atoms with E-state index in [-0.39, 0.29) is 30.2 Å². The van der Waals surface area contributed by atoms with Crippen molar-refractivity contribution in [3.63, 3.8) is 0 Å². The lowest BCUT2D eigenvalue weighted by Crippen LogP contribution is -2.39. The molecule has 0 saturated carbocycles. The summed E-state index contributed by atoms with van der Waals surface area (Å²) in [6, 6.07) is 14.0. The molecule has 1 unspecified atom stereocenters. The highest BCUT2D eigenvalue weighted by molar-refractivity contribution is 6.06. The van der Waals surface area contributed by atoms with Gasteiger partial charge in [-0.25, -0.2) is 0 Å². The van der Waals surface area contributed by atoms with Crippen molar-refractivity contribution in [2.45, 2.75) is 12.5 Å². The van der Waals surface area contributed by atoms with Crippen LogP contribution in [-0.4, -0.2) is 29.3 Å². The van der Waals surface area contributed by atoms with Crippen LogP contribution in [0.1, 0.15) is 27.1 Å². The Morgan fingerprint density at radius 3 is 2.65 bits per heavy atom. The summed E-state index contributed by atoms with van der Waals surface area (Å²) in [5.41, 5.74) is 0.708. The fraction of sp³-hybridized carbons (Fsp3) is 0.150. The van der Waals surface area contributed by atoms with Crippen LogP contribution < -0.4 is 15.6 Å². The minimum atomic E-state index is -0.421. The Bertz CT molecular complexity index is 1070. The van der Waals surface area contributed by atoms with Gasteiger partial charge in [0.1, 0.15) is 11.9 Å². The molecule has 26 heavy (non-hydrogen) atoms. The van der Waals surface area contributed by atoms with Gasteiger partial charge >= 0.3 is 0 Å². The maximum absolute atomic E-state index is 12.6. The van der Waals surface area contributed by atoms with E-state index in [4.69, 9.17) is 4.74 Å². The molecule has 1 aliphatic rings. The molecule has 1 atom stereocenters. The average Bonchev–Trinajstić information content (AvgIpc) is 2.67. The highest BCUT2D eigenvalue weighted by Gasteiger charge is 2.26. The van der Waals surface area contributed by atoms with Crippen molar-refractivity contribution in [1.82, 2.24) is 10.3 Å². The van der Waals surface area contributed by atoms with E-state index in [0.717, 1.165) is 0 Å². The van der Waals surface area contributed by atoms with Crippen molar-refractivity contribution in [1.29, 1.82) is 0 Å². The Balaban J connectivity index is 1.51. The number of aromatic amines is 1. The summed E-state index contributed by atoms with van der Waals surface area (Å²) in [4.78, 5) is 39.2. The summed E-state index contributed by atoms with van der Waals surface area (Å²) in [6.07, 6.45) is 1.20. The first kappa shape index (κ1) is 16.1. The molecule has 130 valence electrons. The number of hydrogen-bond donors (Lipinski definition) is 2. The van der Waals surface area contributed by atoms with E-state index in [9.17, 15) is 14.4 Å². The molecule has 0 saturated heterocycles. The second kappa shape index (κ2) is 6.48. The molecule has 0 spiro atoms. The normalized spacial score (nSPS) is 16.0. The molecule has 2 aromatic carbocycles. The predicted octanol–water partition coefficient (Wildman–Crippen LogP) is 2.29. The van der Waals surface area contributed by atoms with E-state index >= 15 is 0 Å². The number of carbonyl (C=O) groups is 2. The molecule has 1 aliphatic heterocycles. The maximum atomic E-state index is 12.6. The molecule has 0 radical (unpaired) electrons. The number of para-hydroxylation sites is 1. The predicted molar refractivity (Wildman–Crippen MR) is 96.7 cm³/mol. The fourth-order valence-corrected chi connectivity index (χ4v) is 3.15. The van der Waals surface area contributed by atoms with Gasteiger partial charge in [0.25, 0.3) is 11.5 Å². The zero-order chi connectivity index (χ0) is 18.1. The molecule has 2 heterocycles. The van der Waals surface area contributed by atoms with Crippen molar-refractivity contribution in [2.24, 2.45) is 0 Å². The van der Waals surface area contributed by atoms with E-state index in [1.807, 2.05) is 0 Å². The van der Waals surface area contributed by atoms with E-state index in [2.05, 4.69) is 10.3 Å². The maximum Gasteiger partial charge on any atom is 0.255 e. The molecule has 6 heteroatoms. The molecular weight excluding hydrogens is 332 g/mol. The number of aromatic nitrogens is 1. The van der Waals surface area contributed by atoms with Gasteiger partial charge in [-0.15, -0.1) is 0 Å². The standard InChI is InChI=1S/C20H16N2O4/c23-17-9-12(26-18-8-4-3-7-15(17)18)10-21-20(25)16-11-22-19(24)14-6-2-1-5-13(14)16/h1-8,11-12H,9-10H2,(H,21,25)(H,22,24). The zero-order valence-corrected chi connectivity index (χ0v) is 13.8. The van der Waals surface area contributed by atoms with E-state index in [1.54, 1.807) is 48.5 Å². The van der Waals surface area contributed by atoms with Crippen LogP contribution in [0.2, 0.25) is 0 Å². The van der Waals surface area contributed by atoms with Crippen LogP contribution in [0.3, 0.4) is 0 Å². The van der Waals surface area contributed by atoms with Gasteiger partial charge in [0.15, 0.2) is 5.78 Å². The van der Waals surface area contributed by atoms with Crippen molar-refractivity contribution in [3.05, 3.63) is 76.2 Å². The Kier molecular flexibility index (Phi) is 4.01. The number of nitrogens with one attached hydrogen (secondary N) is 2. The fourth-order valence-electron chi connectivity index (χ4n) is 3.15. The number of ketones is 1. The number of carbonyl (C=O) groups excluding carboxylic acids is 2. The Labute approximate surface area is 148 Å². The van der Waals surface area contributed by atoms with Crippen LogP contribution in [0.4, 0.5) is 0 Å². The molecule has 0 bridgehead atoms. The van der Waals surface area contributed by atoms with Crippen LogP contribution in [0.5, 0.6) is 5.75 Å². The van der Waals surface area contributed by atoms with Gasteiger partial charge in [-0.05, 0) is 18.2 Å². The van der Waals surface area contributed by atoms with Crippen molar-refractivity contribution in [3.8, 4) is 5.75 Å². The summed E-state index contributed by atoms with van der Waals surface area (Å²) in [7, 11) is 0.